The van der Waals surface area contributed by atoms with Gasteiger partial charge in [-0.25, -0.2) is 0 Å². The van der Waals surface area contributed by atoms with E-state index in [4.69, 9.17) is 5.26 Å². The molecule has 0 radical (unpaired) electrons. The molecule has 2 rings (SSSR count). The molecule has 1 saturated heterocycles. The monoisotopic (exact) mass is 214 g/mol. The predicted molar refractivity (Wildman–Crippen MR) is 65.0 cm³/mol. The van der Waals surface area contributed by atoms with Crippen LogP contribution in [0.5, 0.6) is 0 Å². The molecule has 1 fully saturated rings. The molecule has 0 aromatic heterocycles. The highest BCUT2D eigenvalue weighted by Gasteiger charge is 2.23. The van der Waals surface area contributed by atoms with Gasteiger partial charge in [0.05, 0.1) is 6.07 Å². The van der Waals surface area contributed by atoms with Crippen LogP contribution in [0.25, 0.3) is 0 Å². The maximum absolute atomic E-state index is 8.63. The second-order valence-corrected chi connectivity index (χ2v) is 4.43. The molecular formula is C14H18N2. The van der Waals surface area contributed by atoms with Gasteiger partial charge in [0, 0.05) is 19.0 Å². The number of hydrogen-bond donors (Lipinski definition) is 0. The SMILES string of the molecule is N#CCCN1CCCC1Cc1ccccc1. The molecule has 1 aliphatic rings. The molecule has 1 aromatic rings. The van der Waals surface area contributed by atoms with Crippen molar-refractivity contribution in [3.05, 3.63) is 35.9 Å². The van der Waals surface area contributed by atoms with Crippen molar-refractivity contribution in [3.8, 4) is 6.07 Å². The summed E-state index contributed by atoms with van der Waals surface area (Å²) in [4.78, 5) is 2.47. The number of likely N-dealkylation sites (tertiary alicyclic amines) is 1. The van der Waals surface area contributed by atoms with Gasteiger partial charge in [-0.15, -0.1) is 0 Å². The molecule has 1 atom stereocenters. The summed E-state index contributed by atoms with van der Waals surface area (Å²) < 4.78 is 0. The Kier molecular flexibility index (Phi) is 3.96. The highest BCUT2D eigenvalue weighted by Crippen LogP contribution is 2.21. The van der Waals surface area contributed by atoms with Crippen LogP contribution in [0.15, 0.2) is 30.3 Å². The Morgan fingerprint density at radius 1 is 1.31 bits per heavy atom. The lowest BCUT2D eigenvalue weighted by Gasteiger charge is -2.23. The number of nitrogens with zero attached hydrogens (tertiary/aromatic N) is 2. The van der Waals surface area contributed by atoms with Crippen LogP contribution in [0.3, 0.4) is 0 Å². The molecule has 1 unspecified atom stereocenters. The molecule has 0 saturated carbocycles. The van der Waals surface area contributed by atoms with Crippen molar-refractivity contribution in [3.63, 3.8) is 0 Å². The van der Waals surface area contributed by atoms with E-state index in [0.29, 0.717) is 12.5 Å². The maximum Gasteiger partial charge on any atom is 0.0635 e. The summed E-state index contributed by atoms with van der Waals surface area (Å²) in [6.07, 6.45) is 4.35. The molecule has 1 heterocycles. The van der Waals surface area contributed by atoms with E-state index in [-0.39, 0.29) is 0 Å². The molecule has 1 aromatic carbocycles. The lowest BCUT2D eigenvalue weighted by atomic mass is 10.0. The Morgan fingerprint density at radius 2 is 2.12 bits per heavy atom. The fourth-order valence-electron chi connectivity index (χ4n) is 2.50. The molecule has 0 N–H and O–H groups in total. The van der Waals surface area contributed by atoms with Gasteiger partial charge in [0.1, 0.15) is 0 Å². The Bertz CT molecular complexity index is 353. The fourth-order valence-corrected chi connectivity index (χ4v) is 2.50. The van der Waals surface area contributed by atoms with Gasteiger partial charge in [-0.1, -0.05) is 30.3 Å². The van der Waals surface area contributed by atoms with Crippen LogP contribution in [-0.2, 0) is 6.42 Å². The van der Waals surface area contributed by atoms with E-state index in [1.54, 1.807) is 0 Å². The molecule has 0 bridgehead atoms. The quantitative estimate of drug-likeness (QED) is 0.770. The first-order valence-corrected chi connectivity index (χ1v) is 6.05. The van der Waals surface area contributed by atoms with Crippen LogP contribution in [0.1, 0.15) is 24.8 Å². The normalized spacial score (nSPS) is 20.8. The lowest BCUT2D eigenvalue weighted by Crippen LogP contribution is -2.31. The van der Waals surface area contributed by atoms with Crippen LogP contribution in [0.2, 0.25) is 0 Å². The zero-order chi connectivity index (χ0) is 11.2. The van der Waals surface area contributed by atoms with E-state index in [1.807, 2.05) is 0 Å². The van der Waals surface area contributed by atoms with Gasteiger partial charge in [-0.05, 0) is 31.4 Å². The summed E-state index contributed by atoms with van der Waals surface area (Å²) in [5, 5.41) is 8.63. The third-order valence-electron chi connectivity index (χ3n) is 3.32. The predicted octanol–water partition coefficient (Wildman–Crippen LogP) is 2.61. The first-order chi connectivity index (χ1) is 7.90. The van der Waals surface area contributed by atoms with Crippen molar-refractivity contribution in [1.82, 2.24) is 4.90 Å². The Balaban J connectivity index is 1.91. The summed E-state index contributed by atoms with van der Waals surface area (Å²) in [5.41, 5.74) is 1.41. The van der Waals surface area contributed by atoms with Crippen molar-refractivity contribution < 1.29 is 0 Å². The summed E-state index contributed by atoms with van der Waals surface area (Å²) in [7, 11) is 0. The van der Waals surface area contributed by atoms with Gasteiger partial charge in [0.25, 0.3) is 0 Å². The summed E-state index contributed by atoms with van der Waals surface area (Å²) in [6, 6.07) is 13.5. The molecule has 0 amide bonds. The number of rotatable bonds is 4. The van der Waals surface area contributed by atoms with E-state index < -0.39 is 0 Å². The van der Waals surface area contributed by atoms with E-state index in [1.165, 1.54) is 24.9 Å². The second kappa shape index (κ2) is 5.67. The van der Waals surface area contributed by atoms with Crippen molar-refractivity contribution >= 4 is 0 Å². The van der Waals surface area contributed by atoms with Crippen LogP contribution in [-0.4, -0.2) is 24.0 Å². The minimum atomic E-state index is 0.649. The fraction of sp³-hybridized carbons (Fsp3) is 0.500. The molecule has 0 spiro atoms. The Hall–Kier alpha value is -1.33. The standard InChI is InChI=1S/C14H18N2/c15-9-5-11-16-10-4-8-14(16)12-13-6-2-1-3-7-13/h1-3,6-7,14H,4-5,8,10-12H2. The molecule has 2 heteroatoms. The molecule has 2 nitrogen and oxygen atoms in total. The summed E-state index contributed by atoms with van der Waals surface area (Å²) in [5.74, 6) is 0. The Morgan fingerprint density at radius 3 is 2.88 bits per heavy atom. The third kappa shape index (κ3) is 2.84. The van der Waals surface area contributed by atoms with Crippen molar-refractivity contribution in [2.24, 2.45) is 0 Å². The van der Waals surface area contributed by atoms with Crippen LogP contribution in [0.4, 0.5) is 0 Å². The van der Waals surface area contributed by atoms with E-state index in [9.17, 15) is 0 Å². The topological polar surface area (TPSA) is 27.0 Å². The smallest absolute Gasteiger partial charge is 0.0635 e. The molecule has 84 valence electrons. The highest BCUT2D eigenvalue weighted by atomic mass is 15.2. The molecule has 0 aliphatic carbocycles. The second-order valence-electron chi connectivity index (χ2n) is 4.43. The summed E-state index contributed by atoms with van der Waals surface area (Å²) in [6.45, 7) is 2.10. The lowest BCUT2D eigenvalue weighted by molar-refractivity contribution is 0.258. The number of benzene rings is 1. The molecular weight excluding hydrogens is 196 g/mol. The minimum absolute atomic E-state index is 0.649. The van der Waals surface area contributed by atoms with Crippen molar-refractivity contribution in [2.45, 2.75) is 31.7 Å². The number of hydrogen-bond acceptors (Lipinski definition) is 2. The largest absolute Gasteiger partial charge is 0.299 e. The van der Waals surface area contributed by atoms with Gasteiger partial charge in [-0.2, -0.15) is 5.26 Å². The van der Waals surface area contributed by atoms with Gasteiger partial charge in [0.15, 0.2) is 0 Å². The van der Waals surface area contributed by atoms with Crippen LogP contribution >= 0.6 is 0 Å². The molecule has 16 heavy (non-hydrogen) atoms. The van der Waals surface area contributed by atoms with Gasteiger partial charge in [0.2, 0.25) is 0 Å². The first kappa shape index (κ1) is 11.2. The molecule has 1 aliphatic heterocycles. The maximum atomic E-state index is 8.63. The highest BCUT2D eigenvalue weighted by molar-refractivity contribution is 5.16. The van der Waals surface area contributed by atoms with Crippen LogP contribution in [0, 0.1) is 11.3 Å². The van der Waals surface area contributed by atoms with E-state index in [2.05, 4.69) is 41.3 Å². The van der Waals surface area contributed by atoms with Gasteiger partial charge < -0.3 is 0 Å². The summed E-state index contributed by atoms with van der Waals surface area (Å²) >= 11 is 0. The van der Waals surface area contributed by atoms with Gasteiger partial charge >= 0.3 is 0 Å². The van der Waals surface area contributed by atoms with E-state index in [0.717, 1.165) is 13.0 Å². The zero-order valence-corrected chi connectivity index (χ0v) is 9.60. The van der Waals surface area contributed by atoms with E-state index >= 15 is 0 Å². The van der Waals surface area contributed by atoms with Crippen molar-refractivity contribution in [1.29, 1.82) is 5.26 Å². The minimum Gasteiger partial charge on any atom is -0.299 e. The zero-order valence-electron chi connectivity index (χ0n) is 9.60. The third-order valence-corrected chi connectivity index (χ3v) is 3.32. The number of nitriles is 1. The van der Waals surface area contributed by atoms with Crippen molar-refractivity contribution in [2.75, 3.05) is 13.1 Å². The van der Waals surface area contributed by atoms with Gasteiger partial charge in [-0.3, -0.25) is 4.90 Å². The van der Waals surface area contributed by atoms with Crippen LogP contribution < -0.4 is 0 Å². The average molecular weight is 214 g/mol. The first-order valence-electron chi connectivity index (χ1n) is 6.05. The average Bonchev–Trinajstić information content (AvgIpc) is 2.75. The Labute approximate surface area is 97.5 Å².